The fourth-order valence-electron chi connectivity index (χ4n) is 2.86. The number of thioether (sulfide) groups is 1. The van der Waals surface area contributed by atoms with Gasteiger partial charge in [0.2, 0.25) is 11.0 Å². The molecule has 1 aliphatic rings. The number of rotatable bonds is 6. The zero-order chi connectivity index (χ0) is 17.6. The summed E-state index contributed by atoms with van der Waals surface area (Å²) in [6, 6.07) is 8.00. The number of likely N-dealkylation sites (tertiary alicyclic amines) is 1. The van der Waals surface area contributed by atoms with Crippen molar-refractivity contribution in [2.45, 2.75) is 36.6 Å². The minimum atomic E-state index is 0.187. The van der Waals surface area contributed by atoms with Gasteiger partial charge in [0.1, 0.15) is 5.75 Å². The van der Waals surface area contributed by atoms with Crippen LogP contribution in [0.5, 0.6) is 5.75 Å². The van der Waals surface area contributed by atoms with Crippen LogP contribution in [0.4, 0.5) is 10.8 Å². The Morgan fingerprint density at radius 2 is 2.24 bits per heavy atom. The highest BCUT2D eigenvalue weighted by atomic mass is 32.2. The summed E-state index contributed by atoms with van der Waals surface area (Å²) in [7, 11) is 1.63. The number of benzene rings is 1. The molecular weight excluding hydrogens is 356 g/mol. The maximum absolute atomic E-state index is 12.4. The molecule has 0 radical (unpaired) electrons. The molecule has 3 rings (SSSR count). The summed E-state index contributed by atoms with van der Waals surface area (Å²) in [5, 5.41) is 12.2. The molecule has 6 nitrogen and oxygen atoms in total. The summed E-state index contributed by atoms with van der Waals surface area (Å²) >= 11 is 2.89. The lowest BCUT2D eigenvalue weighted by atomic mass is 10.0. The van der Waals surface area contributed by atoms with Crippen LogP contribution in [0.15, 0.2) is 28.6 Å². The molecule has 25 heavy (non-hydrogen) atoms. The number of anilines is 2. The number of hydrogen-bond donors (Lipinski definition) is 1. The highest BCUT2D eigenvalue weighted by Gasteiger charge is 2.23. The monoisotopic (exact) mass is 378 g/mol. The molecule has 1 N–H and O–H groups in total. The molecule has 2 aromatic rings. The summed E-state index contributed by atoms with van der Waals surface area (Å²) < 4.78 is 6.11. The van der Waals surface area contributed by atoms with Gasteiger partial charge < -0.3 is 15.0 Å². The van der Waals surface area contributed by atoms with Crippen LogP contribution >= 0.6 is 23.1 Å². The Morgan fingerprint density at radius 3 is 3.04 bits per heavy atom. The van der Waals surface area contributed by atoms with Crippen LogP contribution in [0.25, 0.3) is 0 Å². The third kappa shape index (κ3) is 4.64. The molecule has 2 heterocycles. The standard InChI is InChI=1S/C17H22N4O2S2/c1-12-7-5-6-10-21(12)15(22)11-24-17-20-19-16(25-17)18-13-8-3-4-9-14(13)23-2/h3-4,8-9,12H,5-7,10-11H2,1-2H3,(H,18,19). The van der Waals surface area contributed by atoms with Crippen molar-refractivity contribution in [3.8, 4) is 5.75 Å². The SMILES string of the molecule is COc1ccccc1Nc1nnc(SCC(=O)N2CCCCC2C)s1. The van der Waals surface area contributed by atoms with Gasteiger partial charge in [-0.15, -0.1) is 10.2 Å². The molecule has 1 saturated heterocycles. The highest BCUT2D eigenvalue weighted by Crippen LogP contribution is 2.31. The quantitative estimate of drug-likeness (QED) is 0.772. The van der Waals surface area contributed by atoms with E-state index in [0.29, 0.717) is 16.9 Å². The molecule has 1 aliphatic heterocycles. The molecule has 1 atom stereocenters. The molecule has 8 heteroatoms. The zero-order valence-electron chi connectivity index (χ0n) is 14.4. The average Bonchev–Trinajstić information content (AvgIpc) is 3.08. The summed E-state index contributed by atoms with van der Waals surface area (Å²) in [6.07, 6.45) is 3.42. The first-order chi connectivity index (χ1) is 12.2. The molecule has 0 saturated carbocycles. The third-order valence-corrected chi connectivity index (χ3v) is 6.15. The predicted octanol–water partition coefficient (Wildman–Crippen LogP) is 3.78. The second-order valence-electron chi connectivity index (χ2n) is 5.92. The first-order valence-corrected chi connectivity index (χ1v) is 10.1. The number of nitrogens with zero attached hydrogens (tertiary/aromatic N) is 3. The third-order valence-electron chi connectivity index (χ3n) is 4.20. The maximum Gasteiger partial charge on any atom is 0.233 e. The largest absolute Gasteiger partial charge is 0.495 e. The molecular formula is C17H22N4O2S2. The number of ether oxygens (including phenoxy) is 1. The number of hydrogen-bond acceptors (Lipinski definition) is 7. The molecule has 0 bridgehead atoms. The Morgan fingerprint density at radius 1 is 1.40 bits per heavy atom. The molecule has 1 fully saturated rings. The topological polar surface area (TPSA) is 67.3 Å². The van der Waals surface area contributed by atoms with Crippen LogP contribution in [0.1, 0.15) is 26.2 Å². The second kappa shape index (κ2) is 8.53. The van der Waals surface area contributed by atoms with Crippen molar-refractivity contribution < 1.29 is 9.53 Å². The second-order valence-corrected chi connectivity index (χ2v) is 8.12. The Kier molecular flexibility index (Phi) is 6.14. The summed E-state index contributed by atoms with van der Waals surface area (Å²) in [5.74, 6) is 1.35. The first-order valence-electron chi connectivity index (χ1n) is 8.33. The van der Waals surface area contributed by atoms with Crippen LogP contribution in [0.2, 0.25) is 0 Å². The number of methoxy groups -OCH3 is 1. The predicted molar refractivity (Wildman–Crippen MR) is 102 cm³/mol. The van der Waals surface area contributed by atoms with Gasteiger partial charge >= 0.3 is 0 Å². The van der Waals surface area contributed by atoms with E-state index in [4.69, 9.17) is 4.74 Å². The highest BCUT2D eigenvalue weighted by molar-refractivity contribution is 8.01. The molecule has 1 unspecified atom stereocenters. The van der Waals surface area contributed by atoms with Crippen LogP contribution < -0.4 is 10.1 Å². The van der Waals surface area contributed by atoms with Crippen molar-refractivity contribution in [1.82, 2.24) is 15.1 Å². The van der Waals surface area contributed by atoms with Gasteiger partial charge in [0.05, 0.1) is 18.6 Å². The molecule has 0 aliphatic carbocycles. The minimum absolute atomic E-state index is 0.187. The van der Waals surface area contributed by atoms with Crippen molar-refractivity contribution in [2.75, 3.05) is 24.7 Å². The molecule has 1 aromatic heterocycles. The van der Waals surface area contributed by atoms with Crippen LogP contribution in [0.3, 0.4) is 0 Å². The van der Waals surface area contributed by atoms with E-state index >= 15 is 0 Å². The summed E-state index contributed by atoms with van der Waals surface area (Å²) in [4.78, 5) is 14.4. The van der Waals surface area contributed by atoms with Crippen LogP contribution in [-0.4, -0.2) is 46.5 Å². The lowest BCUT2D eigenvalue weighted by Gasteiger charge is -2.33. The van der Waals surface area contributed by atoms with Gasteiger partial charge in [-0.1, -0.05) is 35.2 Å². The van der Waals surface area contributed by atoms with Crippen molar-refractivity contribution in [3.63, 3.8) is 0 Å². The number of carbonyl (C=O) groups excluding carboxylic acids is 1. The van der Waals surface area contributed by atoms with Crippen molar-refractivity contribution in [3.05, 3.63) is 24.3 Å². The number of piperidine rings is 1. The van der Waals surface area contributed by atoms with Crippen molar-refractivity contribution in [2.24, 2.45) is 0 Å². The average molecular weight is 379 g/mol. The zero-order valence-corrected chi connectivity index (χ0v) is 16.0. The lowest BCUT2D eigenvalue weighted by Crippen LogP contribution is -2.42. The van der Waals surface area contributed by atoms with Gasteiger partial charge in [0.25, 0.3) is 0 Å². The summed E-state index contributed by atoms with van der Waals surface area (Å²) in [5.41, 5.74) is 0.843. The van der Waals surface area contributed by atoms with Gasteiger partial charge in [0.15, 0.2) is 4.34 Å². The number of para-hydroxylation sites is 2. The Hall–Kier alpha value is -1.80. The van der Waals surface area contributed by atoms with E-state index in [0.717, 1.165) is 35.2 Å². The van der Waals surface area contributed by atoms with Gasteiger partial charge in [-0.25, -0.2) is 0 Å². The van der Waals surface area contributed by atoms with E-state index in [1.807, 2.05) is 29.2 Å². The smallest absolute Gasteiger partial charge is 0.233 e. The van der Waals surface area contributed by atoms with E-state index < -0.39 is 0 Å². The Bertz CT molecular complexity index is 722. The number of aromatic nitrogens is 2. The Balaban J connectivity index is 1.56. The van der Waals surface area contributed by atoms with Gasteiger partial charge in [-0.3, -0.25) is 4.79 Å². The van der Waals surface area contributed by atoms with E-state index in [1.165, 1.54) is 29.5 Å². The fourth-order valence-corrected chi connectivity index (χ4v) is 4.51. The van der Waals surface area contributed by atoms with E-state index in [9.17, 15) is 4.79 Å². The molecule has 0 spiro atoms. The molecule has 1 aromatic carbocycles. The van der Waals surface area contributed by atoms with Crippen molar-refractivity contribution in [1.29, 1.82) is 0 Å². The fraction of sp³-hybridized carbons (Fsp3) is 0.471. The normalized spacial score (nSPS) is 17.4. The maximum atomic E-state index is 12.4. The number of amides is 1. The number of carbonyl (C=O) groups is 1. The first kappa shape index (κ1) is 18.0. The molecule has 134 valence electrons. The number of nitrogens with one attached hydrogen (secondary N) is 1. The van der Waals surface area contributed by atoms with Crippen molar-refractivity contribution >= 4 is 39.8 Å². The van der Waals surface area contributed by atoms with Gasteiger partial charge in [-0.05, 0) is 38.3 Å². The van der Waals surface area contributed by atoms with E-state index in [1.54, 1.807) is 7.11 Å². The van der Waals surface area contributed by atoms with E-state index in [-0.39, 0.29) is 5.91 Å². The van der Waals surface area contributed by atoms with Crippen LogP contribution in [-0.2, 0) is 4.79 Å². The summed E-state index contributed by atoms with van der Waals surface area (Å²) in [6.45, 7) is 3.00. The lowest BCUT2D eigenvalue weighted by molar-refractivity contribution is -0.131. The van der Waals surface area contributed by atoms with Gasteiger partial charge in [0, 0.05) is 12.6 Å². The van der Waals surface area contributed by atoms with Gasteiger partial charge in [-0.2, -0.15) is 0 Å². The van der Waals surface area contributed by atoms with E-state index in [2.05, 4.69) is 22.4 Å². The minimum Gasteiger partial charge on any atom is -0.495 e. The Labute approximate surface area is 156 Å². The van der Waals surface area contributed by atoms with Crippen LogP contribution in [0, 0.1) is 0 Å². The molecule has 1 amide bonds.